The number of hydrogen-bond acceptors (Lipinski definition) is 3. The van der Waals surface area contributed by atoms with Crippen molar-refractivity contribution >= 4 is 5.84 Å². The van der Waals surface area contributed by atoms with Gasteiger partial charge < -0.3 is 9.64 Å². The molecule has 0 unspecified atom stereocenters. The first kappa shape index (κ1) is 41.5. The van der Waals surface area contributed by atoms with E-state index in [0.717, 1.165) is 32.8 Å². The topological polar surface area (TPSA) is 24.8 Å². The summed E-state index contributed by atoms with van der Waals surface area (Å²) in [5.41, 5.74) is 0. The average Bonchev–Trinajstić information content (AvgIpc) is 3.49. The monoisotopic (exact) mass is 619 g/mol. The lowest BCUT2D eigenvalue weighted by Crippen LogP contribution is -2.31. The van der Waals surface area contributed by atoms with Crippen LogP contribution in [0.3, 0.4) is 0 Å². The fourth-order valence-electron chi connectivity index (χ4n) is 6.87. The molecule has 3 heteroatoms. The number of nitrogens with zero attached hydrogens (tertiary/aromatic N) is 2. The minimum Gasteiger partial charge on any atom is -0.380 e. The minimum atomic E-state index is 0.872. The molecule has 0 aromatic rings. The molecule has 1 heterocycles. The number of hydrogen-bond donors (Lipinski definition) is 0. The summed E-state index contributed by atoms with van der Waals surface area (Å²) in [6.07, 6.45) is 46.9. The molecule has 0 N–H and O–H groups in total. The van der Waals surface area contributed by atoms with E-state index in [1.54, 1.807) is 0 Å². The van der Waals surface area contributed by atoms with Gasteiger partial charge in [-0.25, -0.2) is 0 Å². The predicted molar refractivity (Wildman–Crippen MR) is 198 cm³/mol. The summed E-state index contributed by atoms with van der Waals surface area (Å²) >= 11 is 0. The summed E-state index contributed by atoms with van der Waals surface area (Å²) in [6.45, 7) is 9.56. The van der Waals surface area contributed by atoms with Crippen molar-refractivity contribution in [3.8, 4) is 0 Å². The molecule has 0 radical (unpaired) electrons. The van der Waals surface area contributed by atoms with Crippen molar-refractivity contribution in [3.63, 3.8) is 0 Å². The van der Waals surface area contributed by atoms with Gasteiger partial charge in [0.2, 0.25) is 0 Å². The molecule has 0 fully saturated rings. The Hall–Kier alpha value is -0.570. The molecule has 44 heavy (non-hydrogen) atoms. The number of amidine groups is 1. The van der Waals surface area contributed by atoms with Gasteiger partial charge >= 0.3 is 0 Å². The van der Waals surface area contributed by atoms with E-state index in [1.165, 1.54) is 218 Å². The quantitative estimate of drug-likeness (QED) is 0.0647. The van der Waals surface area contributed by atoms with Gasteiger partial charge in [0.1, 0.15) is 0 Å². The second kappa shape index (κ2) is 35.3. The molecule has 0 bridgehead atoms. The van der Waals surface area contributed by atoms with Crippen LogP contribution < -0.4 is 0 Å². The predicted octanol–water partition coefficient (Wildman–Crippen LogP) is 13.6. The highest BCUT2D eigenvalue weighted by atomic mass is 16.5. The standard InChI is InChI=1S/C41H82N2O/c1-3-5-7-9-11-13-15-17-19-21-23-25-27-29-31-33-35-41-42-36-37-43(41)38-40-44-39-34-32-30-28-26-24-22-20-18-16-14-12-10-8-6-4-2/h3-40H2,1-2H3. The lowest BCUT2D eigenvalue weighted by Gasteiger charge is -2.20. The molecular weight excluding hydrogens is 536 g/mol. The third-order valence-electron chi connectivity index (χ3n) is 9.93. The molecule has 0 saturated heterocycles. The third-order valence-corrected chi connectivity index (χ3v) is 9.93. The lowest BCUT2D eigenvalue weighted by molar-refractivity contribution is 0.118. The van der Waals surface area contributed by atoms with Crippen molar-refractivity contribution in [2.75, 3.05) is 32.8 Å². The Morgan fingerprint density at radius 3 is 1.16 bits per heavy atom. The van der Waals surface area contributed by atoms with Crippen molar-refractivity contribution in [1.29, 1.82) is 0 Å². The Kier molecular flexibility index (Phi) is 33.2. The van der Waals surface area contributed by atoms with Crippen LogP contribution in [0.4, 0.5) is 0 Å². The Labute approximate surface area is 278 Å². The smallest absolute Gasteiger partial charge is 0.0991 e. The average molecular weight is 619 g/mol. The molecule has 0 saturated carbocycles. The van der Waals surface area contributed by atoms with Gasteiger partial charge in [-0.2, -0.15) is 0 Å². The molecule has 1 aliphatic heterocycles. The van der Waals surface area contributed by atoms with Crippen LogP contribution in [-0.4, -0.2) is 43.6 Å². The van der Waals surface area contributed by atoms with Crippen LogP contribution in [0.1, 0.15) is 226 Å². The fourth-order valence-corrected chi connectivity index (χ4v) is 6.87. The van der Waals surface area contributed by atoms with Crippen molar-refractivity contribution in [2.45, 2.75) is 226 Å². The van der Waals surface area contributed by atoms with E-state index >= 15 is 0 Å². The highest BCUT2D eigenvalue weighted by Gasteiger charge is 2.15. The van der Waals surface area contributed by atoms with Gasteiger partial charge in [0.25, 0.3) is 0 Å². The molecule has 0 aromatic carbocycles. The van der Waals surface area contributed by atoms with E-state index in [1.807, 2.05) is 0 Å². The zero-order chi connectivity index (χ0) is 31.4. The summed E-state index contributed by atoms with van der Waals surface area (Å²) in [5, 5.41) is 0. The van der Waals surface area contributed by atoms with Crippen LogP contribution in [0.15, 0.2) is 4.99 Å². The Bertz CT molecular complexity index is 577. The highest BCUT2D eigenvalue weighted by Crippen LogP contribution is 2.16. The summed E-state index contributed by atoms with van der Waals surface area (Å²) in [6, 6.07) is 0. The highest BCUT2D eigenvalue weighted by molar-refractivity contribution is 5.83. The molecule has 0 amide bonds. The van der Waals surface area contributed by atoms with Gasteiger partial charge in [-0.05, 0) is 12.8 Å². The maximum Gasteiger partial charge on any atom is 0.0991 e. The van der Waals surface area contributed by atoms with Gasteiger partial charge in [0, 0.05) is 26.1 Å². The number of ether oxygens (including phenoxy) is 1. The Balaban J connectivity index is 1.77. The van der Waals surface area contributed by atoms with Crippen molar-refractivity contribution < 1.29 is 4.74 Å². The van der Waals surface area contributed by atoms with E-state index in [4.69, 9.17) is 9.73 Å². The Morgan fingerprint density at radius 2 is 0.773 bits per heavy atom. The van der Waals surface area contributed by atoms with Crippen LogP contribution in [0, 0.1) is 0 Å². The first-order valence-electron chi connectivity index (χ1n) is 20.7. The molecule has 0 aliphatic carbocycles. The second-order valence-corrected chi connectivity index (χ2v) is 14.3. The summed E-state index contributed by atoms with van der Waals surface area (Å²) in [5.74, 6) is 1.36. The minimum absolute atomic E-state index is 0.872. The second-order valence-electron chi connectivity index (χ2n) is 14.3. The molecule has 1 rings (SSSR count). The molecule has 0 aromatic heterocycles. The van der Waals surface area contributed by atoms with Crippen molar-refractivity contribution in [2.24, 2.45) is 4.99 Å². The van der Waals surface area contributed by atoms with Crippen molar-refractivity contribution in [1.82, 2.24) is 4.90 Å². The fraction of sp³-hybridized carbons (Fsp3) is 0.976. The van der Waals surface area contributed by atoms with Gasteiger partial charge in [-0.15, -0.1) is 0 Å². The third kappa shape index (κ3) is 28.9. The Morgan fingerprint density at radius 1 is 0.432 bits per heavy atom. The number of unbranched alkanes of at least 4 members (excludes halogenated alkanes) is 30. The SMILES string of the molecule is CCCCCCCCCCCCCCCCCCOCCN1CCN=C1CCCCCCCCCCCCCCCCCC. The number of rotatable bonds is 37. The molecule has 0 atom stereocenters. The molecule has 0 spiro atoms. The summed E-state index contributed by atoms with van der Waals surface area (Å²) < 4.78 is 6.00. The molecule has 3 nitrogen and oxygen atoms in total. The van der Waals surface area contributed by atoms with Gasteiger partial charge in [0.15, 0.2) is 0 Å². The largest absolute Gasteiger partial charge is 0.380 e. The van der Waals surface area contributed by atoms with E-state index in [2.05, 4.69) is 18.7 Å². The van der Waals surface area contributed by atoms with E-state index < -0.39 is 0 Å². The molecular formula is C41H82N2O. The first-order chi connectivity index (χ1) is 21.9. The zero-order valence-electron chi connectivity index (χ0n) is 30.7. The van der Waals surface area contributed by atoms with Crippen LogP contribution in [0.2, 0.25) is 0 Å². The normalized spacial score (nSPS) is 13.3. The van der Waals surface area contributed by atoms with Gasteiger partial charge in [0.05, 0.1) is 19.0 Å². The lowest BCUT2D eigenvalue weighted by atomic mass is 10.0. The van der Waals surface area contributed by atoms with Gasteiger partial charge in [-0.1, -0.05) is 206 Å². The summed E-state index contributed by atoms with van der Waals surface area (Å²) in [4.78, 5) is 7.31. The molecule has 1 aliphatic rings. The van der Waals surface area contributed by atoms with Crippen molar-refractivity contribution in [3.05, 3.63) is 0 Å². The zero-order valence-corrected chi connectivity index (χ0v) is 30.7. The summed E-state index contributed by atoms with van der Waals surface area (Å²) in [7, 11) is 0. The number of aliphatic imine (C=N–C) groups is 1. The van der Waals surface area contributed by atoms with E-state index in [-0.39, 0.29) is 0 Å². The maximum absolute atomic E-state index is 6.00. The van der Waals surface area contributed by atoms with Gasteiger partial charge in [-0.3, -0.25) is 4.99 Å². The van der Waals surface area contributed by atoms with Crippen LogP contribution >= 0.6 is 0 Å². The van der Waals surface area contributed by atoms with Crippen LogP contribution in [-0.2, 0) is 4.74 Å². The van der Waals surface area contributed by atoms with E-state index in [9.17, 15) is 0 Å². The van der Waals surface area contributed by atoms with E-state index in [0.29, 0.717) is 0 Å². The molecule has 262 valence electrons. The van der Waals surface area contributed by atoms with Crippen LogP contribution in [0.5, 0.6) is 0 Å². The van der Waals surface area contributed by atoms with Crippen LogP contribution in [0.25, 0.3) is 0 Å². The maximum atomic E-state index is 6.00. The first-order valence-corrected chi connectivity index (χ1v) is 20.7.